The van der Waals surface area contributed by atoms with Crippen LogP contribution in [0.3, 0.4) is 0 Å². The van der Waals surface area contributed by atoms with Crippen LogP contribution in [0.25, 0.3) is 0 Å². The van der Waals surface area contributed by atoms with Crippen LogP contribution < -0.4 is 5.32 Å². The molecule has 0 radical (unpaired) electrons. The number of nitriles is 1. The lowest BCUT2D eigenvalue weighted by Crippen LogP contribution is -2.26. The van der Waals surface area contributed by atoms with E-state index in [1.54, 1.807) is 12.1 Å². The second-order valence-electron chi connectivity index (χ2n) is 4.05. The Bertz CT molecular complexity index is 399. The zero-order chi connectivity index (χ0) is 12.7. The van der Waals surface area contributed by atoms with Crippen molar-refractivity contribution in [1.29, 1.82) is 5.26 Å². The van der Waals surface area contributed by atoms with Gasteiger partial charge in [-0.2, -0.15) is 5.26 Å². The van der Waals surface area contributed by atoms with Crippen molar-refractivity contribution in [1.82, 2.24) is 5.32 Å². The van der Waals surface area contributed by atoms with Gasteiger partial charge in [-0.1, -0.05) is 26.0 Å². The van der Waals surface area contributed by atoms with E-state index in [0.29, 0.717) is 18.2 Å². The lowest BCUT2D eigenvalue weighted by Gasteiger charge is -2.09. The van der Waals surface area contributed by atoms with E-state index in [1.165, 1.54) is 6.07 Å². The third-order valence-corrected chi connectivity index (χ3v) is 2.26. The summed E-state index contributed by atoms with van der Waals surface area (Å²) in [5, 5.41) is 11.9. The number of rotatable bonds is 6. The minimum Gasteiger partial charge on any atom is -0.375 e. The van der Waals surface area contributed by atoms with Crippen LogP contribution in [0.5, 0.6) is 0 Å². The molecule has 0 unspecified atom stereocenters. The van der Waals surface area contributed by atoms with Gasteiger partial charge in [-0.25, -0.2) is 4.39 Å². The molecule has 0 saturated carbocycles. The number of ether oxygens (including phenoxy) is 1. The molecule has 0 heterocycles. The van der Waals surface area contributed by atoms with Crippen molar-refractivity contribution in [2.75, 3.05) is 13.2 Å². The van der Waals surface area contributed by atoms with Crippen molar-refractivity contribution in [2.24, 2.45) is 0 Å². The predicted molar refractivity (Wildman–Crippen MR) is 63.9 cm³/mol. The monoisotopic (exact) mass is 236 g/mol. The summed E-state index contributed by atoms with van der Waals surface area (Å²) in [6, 6.07) is 6.97. The Kier molecular flexibility index (Phi) is 5.61. The normalized spacial score (nSPS) is 10.5. The van der Waals surface area contributed by atoms with Crippen LogP contribution in [-0.2, 0) is 11.3 Å². The maximum absolute atomic E-state index is 13.6. The first-order valence-electron chi connectivity index (χ1n) is 5.63. The average Bonchev–Trinajstić information content (AvgIpc) is 2.30. The predicted octanol–water partition coefficient (Wildman–Crippen LogP) is 2.21. The minimum atomic E-state index is -0.480. The van der Waals surface area contributed by atoms with E-state index in [1.807, 2.05) is 6.07 Å². The topological polar surface area (TPSA) is 45.0 Å². The van der Waals surface area contributed by atoms with Crippen LogP contribution in [0.2, 0.25) is 0 Å². The first kappa shape index (κ1) is 13.6. The fourth-order valence-electron chi connectivity index (χ4n) is 1.38. The summed E-state index contributed by atoms with van der Waals surface area (Å²) in [5.41, 5.74) is 0.486. The van der Waals surface area contributed by atoms with Crippen molar-refractivity contribution in [2.45, 2.75) is 26.5 Å². The molecule has 4 heteroatoms. The number of benzene rings is 1. The average molecular weight is 236 g/mol. The molecule has 1 N–H and O–H groups in total. The van der Waals surface area contributed by atoms with Crippen LogP contribution in [-0.4, -0.2) is 19.2 Å². The van der Waals surface area contributed by atoms with Gasteiger partial charge in [-0.3, -0.25) is 0 Å². The van der Waals surface area contributed by atoms with Crippen molar-refractivity contribution in [3.8, 4) is 6.07 Å². The van der Waals surface area contributed by atoms with Gasteiger partial charge >= 0.3 is 0 Å². The molecule has 0 fully saturated rings. The van der Waals surface area contributed by atoms with Gasteiger partial charge in [-0.05, 0) is 6.07 Å². The van der Waals surface area contributed by atoms with Gasteiger partial charge in [0.15, 0.2) is 0 Å². The van der Waals surface area contributed by atoms with E-state index in [4.69, 9.17) is 10.00 Å². The minimum absolute atomic E-state index is 0.0615. The van der Waals surface area contributed by atoms with Crippen LogP contribution in [0, 0.1) is 17.1 Å². The Morgan fingerprint density at radius 1 is 1.47 bits per heavy atom. The highest BCUT2D eigenvalue weighted by Gasteiger charge is 2.06. The van der Waals surface area contributed by atoms with Crippen LogP contribution in [0.1, 0.15) is 25.0 Å². The van der Waals surface area contributed by atoms with Crippen molar-refractivity contribution >= 4 is 0 Å². The van der Waals surface area contributed by atoms with Crippen molar-refractivity contribution in [3.63, 3.8) is 0 Å². The van der Waals surface area contributed by atoms with Gasteiger partial charge in [0.05, 0.1) is 18.8 Å². The first-order valence-corrected chi connectivity index (χ1v) is 5.63. The molecule has 0 aliphatic carbocycles. The quantitative estimate of drug-likeness (QED) is 0.770. The Labute approximate surface area is 101 Å². The Morgan fingerprint density at radius 2 is 2.24 bits per heavy atom. The van der Waals surface area contributed by atoms with Gasteiger partial charge in [0, 0.05) is 18.2 Å². The molecular weight excluding hydrogens is 219 g/mol. The molecule has 1 aromatic rings. The summed E-state index contributed by atoms with van der Waals surface area (Å²) in [6.07, 6.45) is 0. The van der Waals surface area contributed by atoms with E-state index in [0.717, 1.165) is 6.54 Å². The molecule has 0 amide bonds. The van der Waals surface area contributed by atoms with Gasteiger partial charge in [0.2, 0.25) is 0 Å². The summed E-state index contributed by atoms with van der Waals surface area (Å²) < 4.78 is 18.9. The number of nitrogens with one attached hydrogen (secondary N) is 1. The molecule has 92 valence electrons. The second kappa shape index (κ2) is 7.00. The summed E-state index contributed by atoms with van der Waals surface area (Å²) >= 11 is 0. The number of hydrogen-bond donors (Lipinski definition) is 1. The number of nitrogens with zero attached hydrogens (tertiary/aromatic N) is 1. The molecule has 3 nitrogen and oxygen atoms in total. The lowest BCUT2D eigenvalue weighted by atomic mass is 10.1. The maximum Gasteiger partial charge on any atom is 0.146 e. The molecule has 0 bridgehead atoms. The van der Waals surface area contributed by atoms with Gasteiger partial charge in [0.1, 0.15) is 11.9 Å². The summed E-state index contributed by atoms with van der Waals surface area (Å²) in [4.78, 5) is 0. The highest BCUT2D eigenvalue weighted by Crippen LogP contribution is 2.12. The largest absolute Gasteiger partial charge is 0.375 e. The fraction of sp³-hybridized carbons (Fsp3) is 0.462. The summed E-state index contributed by atoms with van der Waals surface area (Å²) in [6.45, 7) is 5.55. The van der Waals surface area contributed by atoms with E-state index >= 15 is 0 Å². The Balaban J connectivity index is 2.40. The zero-order valence-corrected chi connectivity index (χ0v) is 10.2. The van der Waals surface area contributed by atoms with Crippen LogP contribution in [0.15, 0.2) is 18.2 Å². The first-order chi connectivity index (χ1) is 8.15. The lowest BCUT2D eigenvalue weighted by molar-refractivity contribution is 0.119. The third kappa shape index (κ3) is 4.51. The molecule has 1 rings (SSSR count). The molecule has 1 aromatic carbocycles. The third-order valence-electron chi connectivity index (χ3n) is 2.26. The highest BCUT2D eigenvalue weighted by molar-refractivity contribution is 5.34. The molecular formula is C13H17FN2O. The van der Waals surface area contributed by atoms with Crippen molar-refractivity contribution in [3.05, 3.63) is 35.1 Å². The highest BCUT2D eigenvalue weighted by atomic mass is 19.1. The number of hydrogen-bond acceptors (Lipinski definition) is 3. The Morgan fingerprint density at radius 3 is 2.88 bits per heavy atom. The SMILES string of the molecule is CC(C)NCCOCc1cccc(C#N)c1F. The Hall–Kier alpha value is -1.44. The molecule has 0 aliphatic rings. The second-order valence-corrected chi connectivity index (χ2v) is 4.05. The van der Waals surface area contributed by atoms with Gasteiger partial charge in [-0.15, -0.1) is 0 Å². The molecule has 17 heavy (non-hydrogen) atoms. The standard InChI is InChI=1S/C13H17FN2O/c1-10(2)16-6-7-17-9-12-5-3-4-11(8-15)13(12)14/h3-5,10,16H,6-7,9H2,1-2H3. The van der Waals surface area contributed by atoms with Crippen LogP contribution >= 0.6 is 0 Å². The van der Waals surface area contributed by atoms with E-state index < -0.39 is 5.82 Å². The van der Waals surface area contributed by atoms with Gasteiger partial charge in [0.25, 0.3) is 0 Å². The molecule has 0 atom stereocenters. The fourth-order valence-corrected chi connectivity index (χ4v) is 1.38. The molecule has 0 spiro atoms. The van der Waals surface area contributed by atoms with Crippen molar-refractivity contribution < 1.29 is 9.13 Å². The van der Waals surface area contributed by atoms with E-state index in [-0.39, 0.29) is 12.2 Å². The van der Waals surface area contributed by atoms with Crippen LogP contribution in [0.4, 0.5) is 4.39 Å². The van der Waals surface area contributed by atoms with E-state index in [2.05, 4.69) is 19.2 Å². The zero-order valence-electron chi connectivity index (χ0n) is 10.2. The molecule has 0 aliphatic heterocycles. The molecule has 0 aromatic heterocycles. The van der Waals surface area contributed by atoms with E-state index in [9.17, 15) is 4.39 Å². The maximum atomic E-state index is 13.6. The molecule has 0 saturated heterocycles. The summed E-state index contributed by atoms with van der Waals surface area (Å²) in [7, 11) is 0. The number of halogens is 1. The smallest absolute Gasteiger partial charge is 0.146 e. The van der Waals surface area contributed by atoms with Gasteiger partial charge < -0.3 is 10.1 Å². The summed E-state index contributed by atoms with van der Waals surface area (Å²) in [5.74, 6) is -0.480.